The summed E-state index contributed by atoms with van der Waals surface area (Å²) < 4.78 is 20.7. The summed E-state index contributed by atoms with van der Waals surface area (Å²) in [6.45, 7) is 6.55. The van der Waals surface area contributed by atoms with Crippen molar-refractivity contribution in [3.05, 3.63) is 40.3 Å². The zero-order valence-corrected chi connectivity index (χ0v) is 18.7. The van der Waals surface area contributed by atoms with E-state index in [0.717, 1.165) is 0 Å². The summed E-state index contributed by atoms with van der Waals surface area (Å²) in [7, 11) is 1.58. The summed E-state index contributed by atoms with van der Waals surface area (Å²) in [6, 6.07) is 2.66. The Labute approximate surface area is 185 Å². The van der Waals surface area contributed by atoms with Crippen LogP contribution < -0.4 is 11.5 Å². The van der Waals surface area contributed by atoms with Gasteiger partial charge in [0.2, 0.25) is 0 Å². The lowest BCUT2D eigenvalue weighted by Gasteiger charge is -2.45. The predicted octanol–water partition coefficient (Wildman–Crippen LogP) is 3.50. The fourth-order valence-corrected chi connectivity index (χ4v) is 4.38. The number of carbonyl (C=O) groups excluding carboxylic acids is 2. The molecule has 0 spiro atoms. The highest BCUT2D eigenvalue weighted by molar-refractivity contribution is 6.31. The molecule has 2 unspecified atom stereocenters. The van der Waals surface area contributed by atoms with Gasteiger partial charge in [-0.3, -0.25) is 9.48 Å². The lowest BCUT2D eigenvalue weighted by molar-refractivity contribution is 0.0661. The van der Waals surface area contributed by atoms with Gasteiger partial charge in [-0.25, -0.2) is 9.18 Å². The van der Waals surface area contributed by atoms with E-state index in [1.54, 1.807) is 16.7 Å². The third kappa shape index (κ3) is 4.24. The first-order valence-corrected chi connectivity index (χ1v) is 10.3. The molecule has 168 valence electrons. The van der Waals surface area contributed by atoms with Crippen LogP contribution in [0.5, 0.6) is 0 Å². The Hall–Kier alpha value is -2.65. The minimum atomic E-state index is -0.706. The van der Waals surface area contributed by atoms with E-state index in [1.165, 1.54) is 18.2 Å². The molecule has 0 saturated heterocycles. The van der Waals surface area contributed by atoms with E-state index in [2.05, 4.69) is 0 Å². The Balaban J connectivity index is 2.33. The number of fused-ring (bicyclic) bond motifs is 1. The Bertz CT molecular complexity index is 1020. The number of aromatic nitrogens is 2. The molecule has 0 radical (unpaired) electrons. The molecule has 1 aromatic carbocycles. The van der Waals surface area contributed by atoms with Crippen LogP contribution in [0.3, 0.4) is 0 Å². The average Bonchev–Trinajstić information content (AvgIpc) is 3.07. The van der Waals surface area contributed by atoms with Gasteiger partial charge in [0.25, 0.3) is 5.91 Å². The molecule has 0 fully saturated rings. The molecule has 1 aromatic heterocycles. The predicted molar refractivity (Wildman–Crippen MR) is 115 cm³/mol. The molecule has 31 heavy (non-hydrogen) atoms. The standard InChI is InChI=1S/C21H27ClFN5O3/c1-21(2,3)18-17-15(19(24)29)16(11-5-6-14(23)13(22)9-11)26-28(17)12(7-8-31-4)10-27(18)20(25)30/h5-6,9,12,18H,7-8,10H2,1-4H3,(H2,24,29)(H2,25,30). The molecule has 4 N–H and O–H groups in total. The van der Waals surface area contributed by atoms with Gasteiger partial charge in [0, 0.05) is 25.8 Å². The lowest BCUT2D eigenvalue weighted by atomic mass is 9.80. The Morgan fingerprint density at radius 1 is 1.32 bits per heavy atom. The molecule has 0 bridgehead atoms. The molecule has 1 aliphatic heterocycles. The number of ether oxygens (including phenoxy) is 1. The normalized spacial score (nSPS) is 18.7. The van der Waals surface area contributed by atoms with Crippen LogP contribution in [0.15, 0.2) is 18.2 Å². The second-order valence-electron chi connectivity index (χ2n) is 8.74. The van der Waals surface area contributed by atoms with E-state index >= 15 is 0 Å². The number of primary amides is 2. The summed E-state index contributed by atoms with van der Waals surface area (Å²) in [6.07, 6.45) is 0.535. The molecule has 2 aromatic rings. The molecule has 2 heterocycles. The van der Waals surface area contributed by atoms with E-state index < -0.39 is 29.2 Å². The first-order chi connectivity index (χ1) is 14.5. The smallest absolute Gasteiger partial charge is 0.315 e. The first-order valence-electron chi connectivity index (χ1n) is 9.90. The van der Waals surface area contributed by atoms with Gasteiger partial charge >= 0.3 is 6.03 Å². The number of methoxy groups -OCH3 is 1. The van der Waals surface area contributed by atoms with Crippen LogP contribution in [0.25, 0.3) is 11.3 Å². The van der Waals surface area contributed by atoms with Crippen LogP contribution in [0.2, 0.25) is 5.02 Å². The largest absolute Gasteiger partial charge is 0.385 e. The summed E-state index contributed by atoms with van der Waals surface area (Å²) in [5.74, 6) is -1.29. The van der Waals surface area contributed by atoms with Gasteiger partial charge in [-0.1, -0.05) is 32.4 Å². The molecule has 8 nitrogen and oxygen atoms in total. The molecule has 2 atom stereocenters. The van der Waals surface area contributed by atoms with Crippen molar-refractivity contribution in [1.29, 1.82) is 0 Å². The zero-order valence-electron chi connectivity index (χ0n) is 18.0. The van der Waals surface area contributed by atoms with Crippen molar-refractivity contribution in [2.75, 3.05) is 20.3 Å². The number of urea groups is 1. The van der Waals surface area contributed by atoms with Gasteiger partial charge in [0.05, 0.1) is 28.4 Å². The van der Waals surface area contributed by atoms with E-state index in [1.807, 2.05) is 20.8 Å². The third-order valence-electron chi connectivity index (χ3n) is 5.47. The van der Waals surface area contributed by atoms with E-state index in [9.17, 15) is 14.0 Å². The van der Waals surface area contributed by atoms with Crippen molar-refractivity contribution in [2.45, 2.75) is 39.3 Å². The van der Waals surface area contributed by atoms with E-state index in [4.69, 9.17) is 32.9 Å². The van der Waals surface area contributed by atoms with Gasteiger partial charge in [-0.2, -0.15) is 5.10 Å². The van der Waals surface area contributed by atoms with E-state index in [-0.39, 0.29) is 22.3 Å². The fourth-order valence-electron chi connectivity index (χ4n) is 4.20. The van der Waals surface area contributed by atoms with Gasteiger partial charge in [-0.15, -0.1) is 0 Å². The zero-order chi connectivity index (χ0) is 23.1. The van der Waals surface area contributed by atoms with Crippen LogP contribution >= 0.6 is 11.6 Å². The van der Waals surface area contributed by atoms with Crippen LogP contribution in [-0.2, 0) is 4.74 Å². The van der Waals surface area contributed by atoms with Crippen LogP contribution in [0.1, 0.15) is 55.3 Å². The number of halogens is 2. The second-order valence-corrected chi connectivity index (χ2v) is 9.15. The number of nitrogens with two attached hydrogens (primary N) is 2. The quantitative estimate of drug-likeness (QED) is 0.723. The number of rotatable bonds is 5. The third-order valence-corrected chi connectivity index (χ3v) is 5.76. The van der Waals surface area contributed by atoms with Gasteiger partial charge in [-0.05, 0) is 30.0 Å². The minimum Gasteiger partial charge on any atom is -0.385 e. The Kier molecular flexibility index (Phi) is 6.29. The maximum Gasteiger partial charge on any atom is 0.315 e. The van der Waals surface area contributed by atoms with Crippen molar-refractivity contribution in [1.82, 2.24) is 14.7 Å². The topological polar surface area (TPSA) is 116 Å². The van der Waals surface area contributed by atoms with Crippen molar-refractivity contribution in [3.63, 3.8) is 0 Å². The maximum absolute atomic E-state index is 13.7. The molecule has 10 heteroatoms. The maximum atomic E-state index is 13.7. The Morgan fingerprint density at radius 2 is 2.00 bits per heavy atom. The summed E-state index contributed by atoms with van der Waals surface area (Å²) in [5.41, 5.74) is 12.4. The number of nitrogens with zero attached hydrogens (tertiary/aromatic N) is 3. The Morgan fingerprint density at radius 3 is 2.52 bits per heavy atom. The number of hydrogen-bond acceptors (Lipinski definition) is 4. The van der Waals surface area contributed by atoms with Crippen LogP contribution in [-0.4, -0.2) is 46.9 Å². The molecule has 3 rings (SSSR count). The molecule has 3 amide bonds. The van der Waals surface area contributed by atoms with Crippen LogP contribution in [0.4, 0.5) is 9.18 Å². The minimum absolute atomic E-state index is 0.0963. The molecule has 0 aliphatic carbocycles. The molecular formula is C21H27ClFN5O3. The second kappa shape index (κ2) is 8.47. The number of benzene rings is 1. The number of amides is 3. The SMILES string of the molecule is COCCC1CN(C(N)=O)C(C(C)(C)C)c2c(C(N)=O)c(-c3ccc(F)c(Cl)c3)nn21. The van der Waals surface area contributed by atoms with Gasteiger partial charge < -0.3 is 21.1 Å². The number of hydrogen-bond donors (Lipinski definition) is 2. The molecule has 0 saturated carbocycles. The lowest BCUT2D eigenvalue weighted by Crippen LogP contribution is -2.51. The summed E-state index contributed by atoms with van der Waals surface area (Å²) >= 11 is 5.97. The fraction of sp³-hybridized carbons (Fsp3) is 0.476. The van der Waals surface area contributed by atoms with E-state index in [0.29, 0.717) is 30.8 Å². The van der Waals surface area contributed by atoms with Crippen LogP contribution in [0, 0.1) is 11.2 Å². The highest BCUT2D eigenvalue weighted by Gasteiger charge is 2.45. The molecule has 1 aliphatic rings. The summed E-state index contributed by atoms with van der Waals surface area (Å²) in [5, 5.41) is 4.61. The first kappa shape index (κ1) is 23.0. The monoisotopic (exact) mass is 451 g/mol. The van der Waals surface area contributed by atoms with Crippen molar-refractivity contribution >= 4 is 23.5 Å². The van der Waals surface area contributed by atoms with Crippen molar-refractivity contribution in [3.8, 4) is 11.3 Å². The molecular weight excluding hydrogens is 425 g/mol. The van der Waals surface area contributed by atoms with Crippen molar-refractivity contribution in [2.24, 2.45) is 16.9 Å². The number of carbonyl (C=O) groups is 2. The van der Waals surface area contributed by atoms with Gasteiger partial charge in [0.1, 0.15) is 11.5 Å². The highest BCUT2D eigenvalue weighted by atomic mass is 35.5. The van der Waals surface area contributed by atoms with Crippen molar-refractivity contribution < 1.29 is 18.7 Å². The van der Waals surface area contributed by atoms with Gasteiger partial charge in [0.15, 0.2) is 0 Å². The summed E-state index contributed by atoms with van der Waals surface area (Å²) in [4.78, 5) is 26.6. The highest BCUT2D eigenvalue weighted by Crippen LogP contribution is 2.46. The average molecular weight is 452 g/mol.